The van der Waals surface area contributed by atoms with Crippen molar-refractivity contribution in [3.05, 3.63) is 119 Å². The first-order valence-corrected chi connectivity index (χ1v) is 11.3. The Morgan fingerprint density at radius 1 is 0.583 bits per heavy atom. The Morgan fingerprint density at radius 2 is 0.972 bits per heavy atom. The maximum atomic E-state index is 12.8. The van der Waals surface area contributed by atoms with Crippen LogP contribution in [0.3, 0.4) is 0 Å². The van der Waals surface area contributed by atoms with Crippen LogP contribution in [0.1, 0.15) is 11.4 Å². The molecule has 10 heteroatoms. The molecule has 180 valence electrons. The van der Waals surface area contributed by atoms with E-state index >= 15 is 0 Å². The molecule has 2 aromatic heterocycles. The van der Waals surface area contributed by atoms with E-state index in [1.54, 1.807) is 84.9 Å². The first-order valence-electron chi connectivity index (χ1n) is 10.5. The van der Waals surface area contributed by atoms with E-state index in [4.69, 9.17) is 32.7 Å². The van der Waals surface area contributed by atoms with Crippen molar-refractivity contribution >= 4 is 58.3 Å². The minimum absolute atomic E-state index is 0.119. The van der Waals surface area contributed by atoms with Crippen molar-refractivity contribution in [2.24, 2.45) is 0 Å². The zero-order chi connectivity index (χ0) is 25.3. The first kappa shape index (κ1) is 24.7. The van der Waals surface area contributed by atoms with E-state index in [0.29, 0.717) is 21.4 Å². The molecule has 2 heterocycles. The normalized spacial score (nSPS) is 11.2. The molecular formula is C26H18Cl2N4O4. The average molecular weight is 521 g/mol. The summed E-state index contributed by atoms with van der Waals surface area (Å²) in [4.78, 5) is 34.1. The number of carbonyl (C=O) groups excluding carboxylic acids is 2. The predicted octanol–water partition coefficient (Wildman–Crippen LogP) is 7.11. The van der Waals surface area contributed by atoms with Gasteiger partial charge in [0.05, 0.1) is 0 Å². The number of halogens is 2. The van der Waals surface area contributed by atoms with Gasteiger partial charge in [-0.3, -0.25) is 20.6 Å². The lowest BCUT2D eigenvalue weighted by molar-refractivity contribution is 0.198. The molecule has 0 fully saturated rings. The van der Waals surface area contributed by atoms with Gasteiger partial charge in [-0.2, -0.15) is 0 Å². The number of pyridine rings is 2. The molecule has 4 rings (SSSR count). The molecular weight excluding hydrogens is 503 g/mol. The number of hydrogen-bond donors (Lipinski definition) is 2. The van der Waals surface area contributed by atoms with E-state index in [1.165, 1.54) is 12.4 Å². The lowest BCUT2D eigenvalue weighted by Crippen LogP contribution is -2.18. The maximum absolute atomic E-state index is 12.8. The average Bonchev–Trinajstić information content (AvgIpc) is 2.90. The van der Waals surface area contributed by atoms with Crippen LogP contribution in [-0.2, 0) is 9.47 Å². The van der Waals surface area contributed by atoms with E-state index in [9.17, 15) is 9.59 Å². The Hall–Kier alpha value is -4.40. The zero-order valence-corrected chi connectivity index (χ0v) is 20.0. The van der Waals surface area contributed by atoms with E-state index in [0.717, 1.165) is 0 Å². The molecule has 0 aliphatic rings. The monoisotopic (exact) mass is 520 g/mol. The summed E-state index contributed by atoms with van der Waals surface area (Å²) in [6.45, 7) is 0. The predicted molar refractivity (Wildman–Crippen MR) is 138 cm³/mol. The number of hydrogen-bond acceptors (Lipinski definition) is 6. The van der Waals surface area contributed by atoms with Crippen molar-refractivity contribution in [1.82, 2.24) is 9.97 Å². The molecule has 0 bridgehead atoms. The van der Waals surface area contributed by atoms with Gasteiger partial charge in [0.25, 0.3) is 0 Å². The number of rotatable bonds is 6. The van der Waals surface area contributed by atoms with Crippen LogP contribution < -0.4 is 10.6 Å². The van der Waals surface area contributed by atoms with Crippen LogP contribution in [0.2, 0.25) is 10.0 Å². The Labute approximate surface area is 216 Å². The highest BCUT2D eigenvalue weighted by molar-refractivity contribution is 6.31. The third kappa shape index (κ3) is 6.82. The maximum Gasteiger partial charge on any atom is 0.417 e. The molecule has 4 aromatic rings. The summed E-state index contributed by atoms with van der Waals surface area (Å²) < 4.78 is 11.3. The van der Waals surface area contributed by atoms with E-state index in [2.05, 4.69) is 20.6 Å². The number of nitrogens with zero attached hydrogens (tertiary/aromatic N) is 2. The summed E-state index contributed by atoms with van der Waals surface area (Å²) in [7, 11) is 0. The minimum Gasteiger partial charge on any atom is -0.404 e. The van der Waals surface area contributed by atoms with Crippen molar-refractivity contribution in [2.45, 2.75) is 0 Å². The van der Waals surface area contributed by atoms with Crippen molar-refractivity contribution in [1.29, 1.82) is 0 Å². The SMILES string of the molecule is O=C(Nc1ccc(Cl)cc1)O/C(=C(\OC(=O)Nc1ccc(Cl)cc1)c1ccccn1)c1ccccn1. The van der Waals surface area contributed by atoms with Gasteiger partial charge in [0.1, 0.15) is 11.4 Å². The molecule has 0 unspecified atom stereocenters. The van der Waals surface area contributed by atoms with Crippen LogP contribution in [0.25, 0.3) is 11.5 Å². The second kappa shape index (κ2) is 11.8. The second-order valence-electron chi connectivity index (χ2n) is 7.13. The van der Waals surface area contributed by atoms with Crippen molar-refractivity contribution in [3.8, 4) is 0 Å². The van der Waals surface area contributed by atoms with Gasteiger partial charge in [0.2, 0.25) is 11.5 Å². The number of nitrogens with one attached hydrogen (secondary N) is 2. The summed E-state index contributed by atoms with van der Waals surface area (Å²) in [5, 5.41) is 6.24. The standard InChI is InChI=1S/C26H18Cl2N4O4/c27-17-7-11-19(12-8-17)31-25(33)35-23(21-5-1-3-15-29-21)24(22-6-2-4-16-30-22)36-26(34)32-20-13-9-18(28)10-14-20/h1-16H,(H,31,33)(H,32,34)/b24-23-. The van der Waals surface area contributed by atoms with Crippen LogP contribution in [0, 0.1) is 0 Å². The quantitative estimate of drug-likeness (QED) is 0.262. The lowest BCUT2D eigenvalue weighted by atomic mass is 10.2. The number of amides is 2. The third-order valence-corrected chi connectivity index (χ3v) is 5.08. The summed E-state index contributed by atoms with van der Waals surface area (Å²) in [6, 6.07) is 23.0. The van der Waals surface area contributed by atoms with Gasteiger partial charge >= 0.3 is 12.2 Å². The van der Waals surface area contributed by atoms with Crippen molar-refractivity contribution < 1.29 is 19.1 Å². The highest BCUT2D eigenvalue weighted by Crippen LogP contribution is 2.28. The fraction of sp³-hybridized carbons (Fsp3) is 0. The molecule has 0 saturated carbocycles. The van der Waals surface area contributed by atoms with Gasteiger partial charge in [0.15, 0.2) is 0 Å². The smallest absolute Gasteiger partial charge is 0.404 e. The fourth-order valence-corrected chi connectivity index (χ4v) is 3.21. The van der Waals surface area contributed by atoms with E-state index in [1.807, 2.05) is 0 Å². The van der Waals surface area contributed by atoms with Crippen molar-refractivity contribution in [2.75, 3.05) is 10.6 Å². The molecule has 8 nitrogen and oxygen atoms in total. The van der Waals surface area contributed by atoms with Crippen LogP contribution >= 0.6 is 23.2 Å². The molecule has 2 N–H and O–H groups in total. The molecule has 0 atom stereocenters. The van der Waals surface area contributed by atoms with Crippen LogP contribution in [0.15, 0.2) is 97.3 Å². The van der Waals surface area contributed by atoms with Crippen LogP contribution in [0.4, 0.5) is 21.0 Å². The zero-order valence-electron chi connectivity index (χ0n) is 18.5. The minimum atomic E-state index is -0.840. The van der Waals surface area contributed by atoms with Gasteiger partial charge in [0, 0.05) is 33.8 Å². The highest BCUT2D eigenvalue weighted by Gasteiger charge is 2.23. The third-order valence-electron chi connectivity index (χ3n) is 4.57. The molecule has 2 aromatic carbocycles. The van der Waals surface area contributed by atoms with Crippen LogP contribution in [-0.4, -0.2) is 22.2 Å². The fourth-order valence-electron chi connectivity index (χ4n) is 2.96. The Bertz CT molecular complexity index is 1260. The highest BCUT2D eigenvalue weighted by atomic mass is 35.5. The van der Waals surface area contributed by atoms with Gasteiger partial charge in [-0.1, -0.05) is 35.3 Å². The summed E-state index contributed by atoms with van der Waals surface area (Å²) in [5.41, 5.74) is 1.38. The molecule has 0 aliphatic heterocycles. The van der Waals surface area contributed by atoms with E-state index in [-0.39, 0.29) is 22.9 Å². The first-order chi connectivity index (χ1) is 17.5. The number of anilines is 2. The molecule has 0 saturated heterocycles. The topological polar surface area (TPSA) is 102 Å². The number of benzene rings is 2. The van der Waals surface area contributed by atoms with Crippen LogP contribution in [0.5, 0.6) is 0 Å². The summed E-state index contributed by atoms with van der Waals surface area (Å²) in [5.74, 6) is -0.237. The Balaban J connectivity index is 1.69. The Morgan fingerprint density at radius 3 is 1.31 bits per heavy atom. The largest absolute Gasteiger partial charge is 0.417 e. The van der Waals surface area contributed by atoms with Crippen molar-refractivity contribution in [3.63, 3.8) is 0 Å². The second-order valence-corrected chi connectivity index (χ2v) is 8.00. The number of carbonyl (C=O) groups is 2. The van der Waals surface area contributed by atoms with Gasteiger partial charge in [-0.25, -0.2) is 9.59 Å². The Kier molecular flexibility index (Phi) is 8.12. The number of aromatic nitrogens is 2. The summed E-state index contributed by atoms with van der Waals surface area (Å²) >= 11 is 11.8. The van der Waals surface area contributed by atoms with E-state index < -0.39 is 12.2 Å². The lowest BCUT2D eigenvalue weighted by Gasteiger charge is -2.16. The number of ether oxygens (including phenoxy) is 2. The van der Waals surface area contributed by atoms with Gasteiger partial charge < -0.3 is 9.47 Å². The molecule has 0 spiro atoms. The summed E-state index contributed by atoms with van der Waals surface area (Å²) in [6.07, 6.45) is 1.35. The molecule has 36 heavy (non-hydrogen) atoms. The van der Waals surface area contributed by atoms with Gasteiger partial charge in [-0.05, 0) is 72.8 Å². The molecule has 0 aliphatic carbocycles. The molecule has 2 amide bonds. The molecule has 0 radical (unpaired) electrons. The van der Waals surface area contributed by atoms with Gasteiger partial charge in [-0.15, -0.1) is 0 Å².